The van der Waals surface area contributed by atoms with Crippen LogP contribution in [-0.4, -0.2) is 64.3 Å². The van der Waals surface area contributed by atoms with Crippen molar-refractivity contribution < 1.29 is 29.0 Å². The fourth-order valence-electron chi connectivity index (χ4n) is 5.07. The maximum atomic E-state index is 13.5. The third-order valence-electron chi connectivity index (χ3n) is 7.05. The van der Waals surface area contributed by atoms with Gasteiger partial charge in [0, 0.05) is 23.4 Å². The number of carbonyl (C=O) groups excluding carboxylic acids is 2. The largest absolute Gasteiger partial charge is 0.488 e. The van der Waals surface area contributed by atoms with Gasteiger partial charge in [-0.05, 0) is 30.2 Å². The predicted octanol–water partition coefficient (Wildman–Crippen LogP) is 4.65. The highest BCUT2D eigenvalue weighted by molar-refractivity contribution is 5.91. The summed E-state index contributed by atoms with van der Waals surface area (Å²) >= 11 is 0. The van der Waals surface area contributed by atoms with Crippen molar-refractivity contribution in [1.82, 2.24) is 15.2 Å². The molecule has 3 aromatic rings. The Bertz CT molecular complexity index is 1410. The molecule has 1 saturated heterocycles. The third kappa shape index (κ3) is 5.87. The van der Waals surface area contributed by atoms with Crippen LogP contribution in [0.5, 0.6) is 5.75 Å². The van der Waals surface area contributed by atoms with Crippen LogP contribution in [0.15, 0.2) is 60.7 Å². The van der Waals surface area contributed by atoms with Crippen molar-refractivity contribution in [2.75, 3.05) is 13.2 Å². The zero-order valence-corrected chi connectivity index (χ0v) is 21.7. The van der Waals surface area contributed by atoms with Crippen LogP contribution in [0.25, 0.3) is 28.2 Å². The summed E-state index contributed by atoms with van der Waals surface area (Å²) in [5.41, 5.74) is 3.24. The molecule has 0 unspecified atom stereocenters. The molecular formula is C30H31N3O6. The third-order valence-corrected chi connectivity index (χ3v) is 7.05. The Morgan fingerprint density at radius 3 is 2.74 bits per heavy atom. The van der Waals surface area contributed by atoms with E-state index in [0.717, 1.165) is 34.1 Å². The number of carboxylic acid groups (broad SMARTS) is 1. The Balaban J connectivity index is 1.57. The van der Waals surface area contributed by atoms with E-state index in [1.54, 1.807) is 6.08 Å². The normalized spacial score (nSPS) is 22.3. The van der Waals surface area contributed by atoms with Crippen LogP contribution in [0.3, 0.4) is 0 Å². The molecule has 2 N–H and O–H groups in total. The van der Waals surface area contributed by atoms with Gasteiger partial charge in [-0.2, -0.15) is 0 Å². The summed E-state index contributed by atoms with van der Waals surface area (Å²) < 4.78 is 11.8. The first-order chi connectivity index (χ1) is 18.9. The molecule has 9 heteroatoms. The first-order valence-electron chi connectivity index (χ1n) is 13.2. The molecule has 3 atom stereocenters. The zero-order chi connectivity index (χ0) is 27.4. The van der Waals surface area contributed by atoms with Gasteiger partial charge < -0.3 is 24.8 Å². The second-order valence-electron chi connectivity index (χ2n) is 9.81. The lowest BCUT2D eigenvalue weighted by Crippen LogP contribution is -2.52. The summed E-state index contributed by atoms with van der Waals surface area (Å²) in [6.07, 6.45) is 4.28. The summed E-state index contributed by atoms with van der Waals surface area (Å²) in [5.74, 6) is -0.995. The van der Waals surface area contributed by atoms with Gasteiger partial charge in [0.15, 0.2) is 0 Å². The maximum absolute atomic E-state index is 13.5. The Morgan fingerprint density at radius 1 is 1.15 bits per heavy atom. The molecule has 5 rings (SSSR count). The van der Waals surface area contributed by atoms with Crippen LogP contribution in [0, 0.1) is 0 Å². The summed E-state index contributed by atoms with van der Waals surface area (Å²) in [6, 6.07) is 15.4. The van der Waals surface area contributed by atoms with Crippen LogP contribution < -0.4 is 10.1 Å². The van der Waals surface area contributed by atoms with Gasteiger partial charge in [0.1, 0.15) is 30.5 Å². The van der Waals surface area contributed by atoms with Crippen LogP contribution >= 0.6 is 0 Å². The molecule has 9 nitrogen and oxygen atoms in total. The number of nitrogens with one attached hydrogen (secondary N) is 1. The molecule has 2 aliphatic heterocycles. The second-order valence-corrected chi connectivity index (χ2v) is 9.81. The number of benzene rings is 2. The predicted molar refractivity (Wildman–Crippen MR) is 146 cm³/mol. The van der Waals surface area contributed by atoms with Gasteiger partial charge in [-0.15, -0.1) is 0 Å². The van der Waals surface area contributed by atoms with E-state index in [9.17, 15) is 19.5 Å². The minimum Gasteiger partial charge on any atom is -0.488 e. The number of carboxylic acids is 1. The van der Waals surface area contributed by atoms with Crippen molar-refractivity contribution >= 4 is 34.9 Å². The number of amides is 2. The number of carbonyl (C=O) groups is 3. The quantitative estimate of drug-likeness (QED) is 0.494. The van der Waals surface area contributed by atoms with E-state index in [-0.39, 0.29) is 19.6 Å². The zero-order valence-electron chi connectivity index (χ0n) is 21.7. The Morgan fingerprint density at radius 2 is 1.97 bits per heavy atom. The highest BCUT2D eigenvalue weighted by Gasteiger charge is 2.43. The smallest absolute Gasteiger partial charge is 0.408 e. The Hall–Kier alpha value is -4.40. The molecule has 2 amide bonds. The van der Waals surface area contributed by atoms with Gasteiger partial charge in [-0.25, -0.2) is 14.6 Å². The van der Waals surface area contributed by atoms with E-state index in [1.165, 1.54) is 4.90 Å². The molecule has 2 aromatic carbocycles. The van der Waals surface area contributed by atoms with Gasteiger partial charge >= 0.3 is 12.1 Å². The molecule has 0 aliphatic carbocycles. The number of pyridine rings is 1. The number of aliphatic carboxylic acids is 1. The number of ether oxygens (including phenoxy) is 2. The van der Waals surface area contributed by atoms with Crippen LogP contribution in [-0.2, 0) is 14.3 Å². The van der Waals surface area contributed by atoms with Crippen molar-refractivity contribution in [3.63, 3.8) is 0 Å². The van der Waals surface area contributed by atoms with E-state index >= 15 is 0 Å². The fourth-order valence-corrected chi connectivity index (χ4v) is 5.07. The number of aromatic nitrogens is 1. The molecule has 0 spiro atoms. The Labute approximate surface area is 226 Å². The first kappa shape index (κ1) is 26.2. The number of fused-ring (bicyclic) bond motifs is 3. The van der Waals surface area contributed by atoms with Gasteiger partial charge in [0.2, 0.25) is 5.91 Å². The number of nitrogens with zero attached hydrogens (tertiary/aromatic N) is 2. The average molecular weight is 530 g/mol. The minimum atomic E-state index is -1.11. The van der Waals surface area contributed by atoms with Crippen LogP contribution in [0.4, 0.5) is 4.79 Å². The molecular weight excluding hydrogens is 498 g/mol. The number of hydrogen-bond acceptors (Lipinski definition) is 6. The van der Waals surface area contributed by atoms with Crippen molar-refractivity contribution in [2.24, 2.45) is 0 Å². The lowest BCUT2D eigenvalue weighted by Gasteiger charge is -2.27. The molecule has 1 aromatic heterocycles. The Kier molecular flexibility index (Phi) is 7.76. The van der Waals surface area contributed by atoms with E-state index in [2.05, 4.69) is 5.32 Å². The number of cyclic esters (lactones) is 1. The molecule has 2 aliphatic rings. The number of alkyl carbamates (subject to hydrolysis) is 1. The number of hydrogen-bond donors (Lipinski definition) is 2. The summed E-state index contributed by atoms with van der Waals surface area (Å²) in [6.45, 7) is 2.08. The van der Waals surface area contributed by atoms with E-state index in [0.29, 0.717) is 18.6 Å². The summed E-state index contributed by atoms with van der Waals surface area (Å²) in [5, 5.41) is 13.4. The highest BCUT2D eigenvalue weighted by Crippen LogP contribution is 2.34. The monoisotopic (exact) mass is 529 g/mol. The van der Waals surface area contributed by atoms with Crippen LogP contribution in [0.2, 0.25) is 0 Å². The molecule has 0 saturated carbocycles. The molecule has 0 radical (unpaired) electrons. The second kappa shape index (κ2) is 11.6. The lowest BCUT2D eigenvalue weighted by molar-refractivity contribution is -0.149. The van der Waals surface area contributed by atoms with Gasteiger partial charge in [-0.1, -0.05) is 62.2 Å². The minimum absolute atomic E-state index is 0.0106. The standard InChI is InChI=1S/C30H31N3O6/c1-2-3-11-24-28(34)33-18-21(16-26(33)29(35)36)39-27-17-25(20-9-5-4-6-10-20)31-23-13-12-19(15-22(23)27)8-7-14-38-30(37)32-24/h4-10,12-13,15,17,21,24,26H,2-3,11,14,16,18H2,1H3,(H,32,37)(H,35,36)/b8-7-/t21-,24+,26+/m1/s1. The van der Waals surface area contributed by atoms with Crippen molar-refractivity contribution in [1.29, 1.82) is 0 Å². The SMILES string of the molecule is CCCC[C@@H]1NC(=O)OC/C=C\c2ccc3nc(-c4ccccc4)cc(c3c2)O[C@@H]2C[C@@H](C(=O)O)N(C2)C1=O. The lowest BCUT2D eigenvalue weighted by atomic mass is 10.1. The van der Waals surface area contributed by atoms with Crippen molar-refractivity contribution in [3.8, 4) is 17.0 Å². The molecule has 39 heavy (non-hydrogen) atoms. The van der Waals surface area contributed by atoms with Crippen LogP contribution in [0.1, 0.15) is 38.2 Å². The first-order valence-corrected chi connectivity index (χ1v) is 13.2. The molecule has 4 bridgehead atoms. The number of unbranched alkanes of at least 4 members (excludes halogenated alkanes) is 1. The van der Waals surface area contributed by atoms with Gasteiger partial charge in [0.05, 0.1) is 17.8 Å². The van der Waals surface area contributed by atoms with Gasteiger partial charge in [-0.3, -0.25) is 4.79 Å². The molecule has 3 heterocycles. The fraction of sp³-hybridized carbons (Fsp3) is 0.333. The van der Waals surface area contributed by atoms with Gasteiger partial charge in [0.25, 0.3) is 0 Å². The van der Waals surface area contributed by atoms with E-state index in [1.807, 2.05) is 67.6 Å². The summed E-state index contributed by atoms with van der Waals surface area (Å²) in [7, 11) is 0. The summed E-state index contributed by atoms with van der Waals surface area (Å²) in [4.78, 5) is 44.4. The van der Waals surface area contributed by atoms with Crippen molar-refractivity contribution in [3.05, 3.63) is 66.2 Å². The molecule has 202 valence electrons. The average Bonchev–Trinajstić information content (AvgIpc) is 3.37. The van der Waals surface area contributed by atoms with E-state index < -0.39 is 36.2 Å². The topological polar surface area (TPSA) is 118 Å². The highest BCUT2D eigenvalue weighted by atomic mass is 16.5. The number of rotatable bonds is 5. The van der Waals surface area contributed by atoms with Crippen molar-refractivity contribution in [2.45, 2.75) is 50.8 Å². The van der Waals surface area contributed by atoms with E-state index in [4.69, 9.17) is 14.5 Å². The molecule has 1 fully saturated rings. The maximum Gasteiger partial charge on any atom is 0.408 e.